The molecule has 1 unspecified atom stereocenters. The van der Waals surface area contributed by atoms with Gasteiger partial charge in [0.15, 0.2) is 12.0 Å². The quantitative estimate of drug-likeness (QED) is 0.493. The van der Waals surface area contributed by atoms with Crippen LogP contribution in [0, 0.1) is 11.8 Å². The molecule has 0 bridgehead atoms. The fourth-order valence-electron chi connectivity index (χ4n) is 4.27. The number of aromatic hydroxyl groups is 1. The Balaban J connectivity index is 1.89. The highest BCUT2D eigenvalue weighted by Gasteiger charge is 2.43. The topological polar surface area (TPSA) is 45.6 Å². The van der Waals surface area contributed by atoms with Gasteiger partial charge >= 0.3 is 0 Å². The minimum absolute atomic E-state index is 0.251. The lowest BCUT2D eigenvalue weighted by molar-refractivity contribution is 0.200. The predicted molar refractivity (Wildman–Crippen MR) is 134 cm³/mol. The first-order valence-corrected chi connectivity index (χ1v) is 11.4. The third-order valence-corrected chi connectivity index (χ3v) is 5.78. The number of anilines is 1. The molecule has 3 aromatic rings. The molecule has 1 aromatic heterocycles. The zero-order chi connectivity index (χ0) is 23.8. The van der Waals surface area contributed by atoms with E-state index in [0.29, 0.717) is 17.9 Å². The molecule has 0 radical (unpaired) electrons. The smallest absolute Gasteiger partial charge is 0.177 e. The Morgan fingerprint density at radius 2 is 1.67 bits per heavy atom. The lowest BCUT2D eigenvalue weighted by Crippen LogP contribution is -2.48. The molecule has 2 aromatic carbocycles. The third kappa shape index (κ3) is 4.68. The molecule has 4 rings (SSSR count). The highest BCUT2D eigenvalue weighted by molar-refractivity contribution is 5.79. The van der Waals surface area contributed by atoms with Crippen LogP contribution in [-0.4, -0.2) is 21.9 Å². The van der Waals surface area contributed by atoms with E-state index < -0.39 is 0 Å². The van der Waals surface area contributed by atoms with Gasteiger partial charge in [0.2, 0.25) is 0 Å². The highest BCUT2D eigenvalue weighted by Crippen LogP contribution is 2.53. The van der Waals surface area contributed by atoms with Gasteiger partial charge in [-0.05, 0) is 55.9 Å². The Hall–Kier alpha value is -3.45. The summed E-state index contributed by atoms with van der Waals surface area (Å²) in [4.78, 5) is 6.53. The molecule has 0 saturated heterocycles. The zero-order valence-corrected chi connectivity index (χ0v) is 20.3. The molecular weight excluding hydrogens is 408 g/mol. The van der Waals surface area contributed by atoms with Gasteiger partial charge in [-0.15, -0.1) is 0 Å². The van der Waals surface area contributed by atoms with E-state index >= 15 is 0 Å². The largest absolute Gasteiger partial charge is 0.505 e. The Morgan fingerprint density at radius 3 is 2.27 bits per heavy atom. The van der Waals surface area contributed by atoms with Gasteiger partial charge in [-0.1, -0.05) is 63.1 Å². The number of aromatic nitrogens is 1. The summed E-state index contributed by atoms with van der Waals surface area (Å²) in [5, 5.41) is 11.5. The van der Waals surface area contributed by atoms with Crippen LogP contribution in [0.15, 0.2) is 60.8 Å². The minimum atomic E-state index is -0.273. The molecule has 0 saturated carbocycles. The van der Waals surface area contributed by atoms with Crippen LogP contribution in [0.4, 0.5) is 5.69 Å². The van der Waals surface area contributed by atoms with E-state index in [1.807, 2.05) is 42.5 Å². The molecule has 1 aliphatic heterocycles. The Bertz CT molecular complexity index is 1190. The number of ether oxygens (including phenoxy) is 1. The van der Waals surface area contributed by atoms with E-state index in [2.05, 4.69) is 75.4 Å². The van der Waals surface area contributed by atoms with Crippen LogP contribution >= 0.6 is 0 Å². The summed E-state index contributed by atoms with van der Waals surface area (Å²) in [5.41, 5.74) is 3.69. The Labute approximate surface area is 197 Å². The van der Waals surface area contributed by atoms with Gasteiger partial charge < -0.3 is 14.7 Å². The van der Waals surface area contributed by atoms with Crippen molar-refractivity contribution in [3.05, 3.63) is 83.2 Å². The first-order valence-electron chi connectivity index (χ1n) is 11.4. The van der Waals surface area contributed by atoms with Crippen molar-refractivity contribution >= 4 is 5.69 Å². The van der Waals surface area contributed by atoms with Crippen LogP contribution in [0.3, 0.4) is 0 Å². The van der Waals surface area contributed by atoms with E-state index in [-0.39, 0.29) is 22.9 Å². The fourth-order valence-corrected chi connectivity index (χ4v) is 4.27. The summed E-state index contributed by atoms with van der Waals surface area (Å²) in [6.07, 6.45) is 2.18. The average Bonchev–Trinajstić information content (AvgIpc) is 3.14. The number of phenolic OH excluding ortho intramolecular Hbond substituents is 1. The molecule has 0 spiro atoms. The standard InChI is InChI=1S/C29H32N2O2/c1-28(2,3)23-19-21(15-16-22-14-10-11-17-30-22)27-25(26(23)32)31(29(4,5)6)24(33-27)18-20-12-8-7-9-13-20/h7-14,17,19,24,32H,18H2,1-6H3. The van der Waals surface area contributed by atoms with Crippen LogP contribution < -0.4 is 9.64 Å². The number of fused-ring (bicyclic) bond motifs is 1. The molecule has 170 valence electrons. The number of benzene rings is 2. The van der Waals surface area contributed by atoms with Crippen molar-refractivity contribution in [3.63, 3.8) is 0 Å². The molecule has 4 heteroatoms. The lowest BCUT2D eigenvalue weighted by Gasteiger charge is -2.38. The fraction of sp³-hybridized carbons (Fsp3) is 0.345. The second-order valence-corrected chi connectivity index (χ2v) is 10.5. The molecule has 0 aliphatic carbocycles. The molecule has 0 fully saturated rings. The molecule has 1 N–H and O–H groups in total. The van der Waals surface area contributed by atoms with Gasteiger partial charge in [0.25, 0.3) is 0 Å². The van der Waals surface area contributed by atoms with Crippen molar-refractivity contribution in [1.82, 2.24) is 4.98 Å². The van der Waals surface area contributed by atoms with Gasteiger partial charge in [-0.25, -0.2) is 4.98 Å². The maximum absolute atomic E-state index is 11.5. The number of nitrogens with zero attached hydrogens (tertiary/aromatic N) is 2. The van der Waals surface area contributed by atoms with Crippen molar-refractivity contribution < 1.29 is 9.84 Å². The third-order valence-electron chi connectivity index (χ3n) is 5.78. The van der Waals surface area contributed by atoms with E-state index in [9.17, 15) is 5.11 Å². The van der Waals surface area contributed by atoms with Gasteiger partial charge in [0, 0.05) is 23.7 Å². The van der Waals surface area contributed by atoms with Crippen molar-refractivity contribution in [3.8, 4) is 23.3 Å². The van der Waals surface area contributed by atoms with Crippen LogP contribution in [0.1, 0.15) is 63.9 Å². The minimum Gasteiger partial charge on any atom is -0.505 e. The molecule has 0 amide bonds. The van der Waals surface area contributed by atoms with Gasteiger partial charge in [-0.3, -0.25) is 0 Å². The van der Waals surface area contributed by atoms with E-state index in [1.165, 1.54) is 5.56 Å². The lowest BCUT2D eigenvalue weighted by atomic mass is 9.84. The van der Waals surface area contributed by atoms with Crippen molar-refractivity contribution in [1.29, 1.82) is 0 Å². The summed E-state index contributed by atoms with van der Waals surface area (Å²) in [5.74, 6) is 7.36. The van der Waals surface area contributed by atoms with Crippen LogP contribution in [0.5, 0.6) is 11.5 Å². The van der Waals surface area contributed by atoms with E-state index in [1.54, 1.807) is 6.20 Å². The first-order chi connectivity index (χ1) is 15.6. The highest BCUT2D eigenvalue weighted by atomic mass is 16.5. The molecular formula is C29H32N2O2. The second-order valence-electron chi connectivity index (χ2n) is 10.5. The van der Waals surface area contributed by atoms with E-state index in [4.69, 9.17) is 4.74 Å². The molecule has 1 aliphatic rings. The summed E-state index contributed by atoms with van der Waals surface area (Å²) >= 11 is 0. The van der Waals surface area contributed by atoms with Crippen molar-refractivity contribution in [2.75, 3.05) is 4.90 Å². The van der Waals surface area contributed by atoms with Gasteiger partial charge in [-0.2, -0.15) is 0 Å². The Morgan fingerprint density at radius 1 is 0.970 bits per heavy atom. The Kier molecular flexibility index (Phi) is 5.84. The van der Waals surface area contributed by atoms with Crippen molar-refractivity contribution in [2.24, 2.45) is 0 Å². The number of pyridine rings is 1. The maximum Gasteiger partial charge on any atom is 0.177 e. The SMILES string of the molecule is CC(C)(C)c1cc(C#Cc2ccccn2)c2c(c1O)N(C(C)(C)C)C(Cc1ccccc1)O2. The summed E-state index contributed by atoms with van der Waals surface area (Å²) in [6, 6.07) is 18.0. The number of hydrogen-bond acceptors (Lipinski definition) is 4. The first kappa shape index (κ1) is 22.7. The molecule has 4 nitrogen and oxygen atoms in total. The summed E-state index contributed by atoms with van der Waals surface area (Å²) in [7, 11) is 0. The summed E-state index contributed by atoms with van der Waals surface area (Å²) < 4.78 is 6.56. The monoisotopic (exact) mass is 440 g/mol. The van der Waals surface area contributed by atoms with Gasteiger partial charge in [0.05, 0.1) is 5.56 Å². The zero-order valence-electron chi connectivity index (χ0n) is 20.3. The van der Waals surface area contributed by atoms with E-state index in [0.717, 1.165) is 16.8 Å². The second kappa shape index (κ2) is 8.48. The average molecular weight is 441 g/mol. The predicted octanol–water partition coefficient (Wildman–Crippen LogP) is 6.05. The van der Waals surface area contributed by atoms with Gasteiger partial charge in [0.1, 0.15) is 17.1 Å². The molecule has 33 heavy (non-hydrogen) atoms. The van der Waals surface area contributed by atoms with Crippen molar-refractivity contribution in [2.45, 2.75) is 65.1 Å². The molecule has 2 heterocycles. The van der Waals surface area contributed by atoms with Crippen LogP contribution in [-0.2, 0) is 11.8 Å². The van der Waals surface area contributed by atoms with Crippen LogP contribution in [0.2, 0.25) is 0 Å². The number of rotatable bonds is 2. The number of phenols is 1. The van der Waals surface area contributed by atoms with Crippen LogP contribution in [0.25, 0.3) is 0 Å². The number of hydrogen-bond donors (Lipinski definition) is 1. The summed E-state index contributed by atoms with van der Waals surface area (Å²) in [6.45, 7) is 12.7. The maximum atomic E-state index is 11.5. The molecule has 1 atom stereocenters. The normalized spacial score (nSPS) is 15.5.